The van der Waals surface area contributed by atoms with Crippen LogP contribution < -0.4 is 10.9 Å². The van der Waals surface area contributed by atoms with E-state index >= 15 is 0 Å². The molecule has 0 spiro atoms. The average molecular weight is 234 g/mol. The molecule has 0 bridgehead atoms. The van der Waals surface area contributed by atoms with Crippen LogP contribution in [0.5, 0.6) is 0 Å². The number of rotatable bonds is 2. The lowest BCUT2D eigenvalue weighted by Gasteiger charge is -2.19. The van der Waals surface area contributed by atoms with Gasteiger partial charge >= 0.3 is 5.97 Å². The molecular formula is C12H14N2O3. The third kappa shape index (κ3) is 2.29. The van der Waals surface area contributed by atoms with Crippen LogP contribution in [0.2, 0.25) is 0 Å². The molecular weight excluding hydrogens is 220 g/mol. The lowest BCUT2D eigenvalue weighted by molar-refractivity contribution is -0.132. The first-order chi connectivity index (χ1) is 8.09. The Labute approximate surface area is 98.4 Å². The maximum absolute atomic E-state index is 11.5. The van der Waals surface area contributed by atoms with Crippen LogP contribution in [-0.4, -0.2) is 28.7 Å². The van der Waals surface area contributed by atoms with Crippen LogP contribution >= 0.6 is 0 Å². The Morgan fingerprint density at radius 1 is 1.53 bits per heavy atom. The highest BCUT2D eigenvalue weighted by Crippen LogP contribution is 2.23. The maximum Gasteiger partial charge on any atom is 0.333 e. The van der Waals surface area contributed by atoms with Crippen molar-refractivity contribution in [2.45, 2.75) is 6.42 Å². The largest absolute Gasteiger partial charge is 0.478 e. The van der Waals surface area contributed by atoms with Gasteiger partial charge in [-0.05, 0) is 30.2 Å². The number of nitrogens with zero attached hydrogens (tertiary/aromatic N) is 1. The number of hydrogen-bond donors (Lipinski definition) is 2. The zero-order valence-corrected chi connectivity index (χ0v) is 9.56. The summed E-state index contributed by atoms with van der Waals surface area (Å²) in [6, 6.07) is 3.27. The van der Waals surface area contributed by atoms with E-state index in [2.05, 4.69) is 5.32 Å². The molecule has 17 heavy (non-hydrogen) atoms. The molecule has 2 N–H and O–H groups in total. The quantitative estimate of drug-likeness (QED) is 0.767. The predicted molar refractivity (Wildman–Crippen MR) is 63.7 cm³/mol. The molecule has 0 saturated heterocycles. The van der Waals surface area contributed by atoms with E-state index in [-0.39, 0.29) is 5.56 Å². The third-order valence-electron chi connectivity index (χ3n) is 2.93. The summed E-state index contributed by atoms with van der Waals surface area (Å²) in [5, 5.41) is 12.1. The monoisotopic (exact) mass is 234 g/mol. The molecule has 1 aliphatic rings. The van der Waals surface area contributed by atoms with Crippen LogP contribution in [-0.2, 0) is 11.8 Å². The summed E-state index contributed by atoms with van der Waals surface area (Å²) in [5.74, 6) is -0.923. The van der Waals surface area contributed by atoms with E-state index in [0.29, 0.717) is 24.1 Å². The van der Waals surface area contributed by atoms with Gasteiger partial charge in [0.1, 0.15) is 0 Å². The predicted octanol–water partition coefficient (Wildman–Crippen LogP) is 0.217. The summed E-state index contributed by atoms with van der Waals surface area (Å²) in [6.07, 6.45) is 2.29. The highest BCUT2D eigenvalue weighted by atomic mass is 16.4. The lowest BCUT2D eigenvalue weighted by Crippen LogP contribution is -2.28. The van der Waals surface area contributed by atoms with Crippen LogP contribution in [0.4, 0.5) is 0 Å². The standard InChI is InChI=1S/C12H14N2O3/c1-14-5-3-8(6-11(14)15)9-2-4-13-7-10(9)12(16)17/h3,5-6,13H,2,4,7H2,1H3,(H,16,17). The van der Waals surface area contributed by atoms with Crippen LogP contribution in [0.15, 0.2) is 28.7 Å². The van der Waals surface area contributed by atoms with Crippen molar-refractivity contribution in [2.75, 3.05) is 13.1 Å². The molecule has 0 amide bonds. The van der Waals surface area contributed by atoms with Crippen molar-refractivity contribution in [2.24, 2.45) is 7.05 Å². The Balaban J connectivity index is 2.53. The first kappa shape index (κ1) is 11.6. The number of aliphatic carboxylic acids is 1. The second kappa shape index (κ2) is 4.55. The van der Waals surface area contributed by atoms with Gasteiger partial charge in [0.25, 0.3) is 5.56 Å². The molecule has 0 saturated carbocycles. The van der Waals surface area contributed by atoms with Gasteiger partial charge in [0.05, 0.1) is 5.57 Å². The third-order valence-corrected chi connectivity index (χ3v) is 2.93. The molecule has 1 aromatic rings. The highest BCUT2D eigenvalue weighted by Gasteiger charge is 2.19. The first-order valence-corrected chi connectivity index (χ1v) is 5.42. The van der Waals surface area contributed by atoms with Crippen molar-refractivity contribution in [3.8, 4) is 0 Å². The van der Waals surface area contributed by atoms with Gasteiger partial charge in [0, 0.05) is 25.9 Å². The van der Waals surface area contributed by atoms with Crippen LogP contribution in [0.1, 0.15) is 12.0 Å². The SMILES string of the molecule is Cn1ccc(C2=C(C(=O)O)CNCC2)cc1=O. The van der Waals surface area contributed by atoms with Crippen molar-refractivity contribution < 1.29 is 9.90 Å². The van der Waals surface area contributed by atoms with Crippen LogP contribution in [0.25, 0.3) is 5.57 Å². The van der Waals surface area contributed by atoms with E-state index < -0.39 is 5.97 Å². The summed E-state index contributed by atoms with van der Waals surface area (Å²) in [4.78, 5) is 22.6. The van der Waals surface area contributed by atoms with Gasteiger partial charge in [0.15, 0.2) is 0 Å². The fourth-order valence-electron chi connectivity index (χ4n) is 1.94. The smallest absolute Gasteiger partial charge is 0.333 e. The lowest BCUT2D eigenvalue weighted by atomic mass is 9.95. The molecule has 0 radical (unpaired) electrons. The topological polar surface area (TPSA) is 71.3 Å². The van der Waals surface area contributed by atoms with E-state index in [4.69, 9.17) is 5.11 Å². The van der Waals surface area contributed by atoms with E-state index in [9.17, 15) is 9.59 Å². The summed E-state index contributed by atoms with van der Waals surface area (Å²) in [7, 11) is 1.67. The number of aryl methyl sites for hydroxylation is 1. The van der Waals surface area contributed by atoms with Crippen LogP contribution in [0, 0.1) is 0 Å². The van der Waals surface area contributed by atoms with Gasteiger partial charge in [-0.3, -0.25) is 4.79 Å². The van der Waals surface area contributed by atoms with Crippen molar-refractivity contribution in [1.29, 1.82) is 0 Å². The fourth-order valence-corrected chi connectivity index (χ4v) is 1.94. The number of carboxylic acid groups (broad SMARTS) is 1. The molecule has 0 atom stereocenters. The molecule has 1 aliphatic heterocycles. The van der Waals surface area contributed by atoms with Gasteiger partial charge in [-0.2, -0.15) is 0 Å². The number of hydrogen-bond acceptors (Lipinski definition) is 3. The van der Waals surface area contributed by atoms with Crippen molar-refractivity contribution in [3.05, 3.63) is 39.8 Å². The van der Waals surface area contributed by atoms with Gasteiger partial charge in [0.2, 0.25) is 0 Å². The zero-order valence-electron chi connectivity index (χ0n) is 9.56. The molecule has 0 fully saturated rings. The fraction of sp³-hybridized carbons (Fsp3) is 0.333. The Morgan fingerprint density at radius 2 is 2.29 bits per heavy atom. The normalized spacial score (nSPS) is 16.1. The van der Waals surface area contributed by atoms with E-state index in [1.807, 2.05) is 0 Å². The molecule has 2 heterocycles. The van der Waals surface area contributed by atoms with E-state index in [1.165, 1.54) is 10.6 Å². The minimum absolute atomic E-state index is 0.127. The summed E-state index contributed by atoms with van der Waals surface area (Å²) in [5.41, 5.74) is 1.70. The molecule has 1 aromatic heterocycles. The molecule has 5 nitrogen and oxygen atoms in total. The van der Waals surface area contributed by atoms with Crippen molar-refractivity contribution in [1.82, 2.24) is 9.88 Å². The van der Waals surface area contributed by atoms with E-state index in [0.717, 1.165) is 12.1 Å². The van der Waals surface area contributed by atoms with Crippen LogP contribution in [0.3, 0.4) is 0 Å². The Morgan fingerprint density at radius 3 is 2.94 bits per heavy atom. The molecule has 90 valence electrons. The summed E-state index contributed by atoms with van der Waals surface area (Å²) in [6.45, 7) is 1.08. The number of carbonyl (C=O) groups is 1. The maximum atomic E-state index is 11.5. The van der Waals surface area contributed by atoms with Crippen molar-refractivity contribution >= 4 is 11.5 Å². The molecule has 2 rings (SSSR count). The van der Waals surface area contributed by atoms with Crippen molar-refractivity contribution in [3.63, 3.8) is 0 Å². The molecule has 0 aromatic carbocycles. The Bertz CT molecular complexity index is 543. The summed E-state index contributed by atoms with van der Waals surface area (Å²) >= 11 is 0. The minimum Gasteiger partial charge on any atom is -0.478 e. The second-order valence-corrected chi connectivity index (χ2v) is 4.05. The summed E-state index contributed by atoms with van der Waals surface area (Å²) < 4.78 is 1.46. The number of carboxylic acids is 1. The Hall–Kier alpha value is -1.88. The molecule has 0 aliphatic carbocycles. The first-order valence-electron chi connectivity index (χ1n) is 5.42. The minimum atomic E-state index is -0.923. The average Bonchev–Trinajstić information content (AvgIpc) is 2.32. The van der Waals surface area contributed by atoms with Gasteiger partial charge in [-0.1, -0.05) is 0 Å². The number of nitrogens with one attached hydrogen (secondary N) is 1. The van der Waals surface area contributed by atoms with Gasteiger partial charge in [-0.15, -0.1) is 0 Å². The molecule has 5 heteroatoms. The Kier molecular flexibility index (Phi) is 3.10. The van der Waals surface area contributed by atoms with Gasteiger partial charge < -0.3 is 15.0 Å². The second-order valence-electron chi connectivity index (χ2n) is 4.05. The zero-order chi connectivity index (χ0) is 12.4. The number of aromatic nitrogens is 1. The molecule has 0 unspecified atom stereocenters. The highest BCUT2D eigenvalue weighted by molar-refractivity contribution is 5.97. The van der Waals surface area contributed by atoms with Gasteiger partial charge in [-0.25, -0.2) is 4.79 Å². The van der Waals surface area contributed by atoms with E-state index in [1.54, 1.807) is 19.3 Å². The number of pyridine rings is 1.